The maximum atomic E-state index is 11.9. The Morgan fingerprint density at radius 2 is 1.77 bits per heavy atom. The molecule has 2 N–H and O–H groups in total. The predicted molar refractivity (Wildman–Crippen MR) is 91.5 cm³/mol. The zero-order chi connectivity index (χ0) is 15.9. The van der Waals surface area contributed by atoms with Crippen LogP contribution in [0.2, 0.25) is 0 Å². The van der Waals surface area contributed by atoms with E-state index in [9.17, 15) is 4.79 Å². The molecule has 0 saturated heterocycles. The maximum Gasteiger partial charge on any atom is 0.339 e. The van der Waals surface area contributed by atoms with E-state index in [1.54, 1.807) is 6.21 Å². The van der Waals surface area contributed by atoms with Crippen molar-refractivity contribution in [3.05, 3.63) is 64.7 Å². The number of hydrogen-bond acceptors (Lipinski definition) is 2. The second-order valence-corrected chi connectivity index (χ2v) is 5.14. The summed E-state index contributed by atoms with van der Waals surface area (Å²) < 4.78 is 0. The average molecular weight is 295 g/mol. The number of urea groups is 1. The van der Waals surface area contributed by atoms with Gasteiger partial charge in [-0.3, -0.25) is 0 Å². The van der Waals surface area contributed by atoms with Crippen LogP contribution >= 0.6 is 0 Å². The first-order chi connectivity index (χ1) is 10.6. The highest BCUT2D eigenvalue weighted by Gasteiger charge is 2.05. The molecule has 0 aliphatic heterocycles. The Kier molecular flexibility index (Phi) is 5.31. The van der Waals surface area contributed by atoms with Gasteiger partial charge in [-0.05, 0) is 42.5 Å². The third-order valence-electron chi connectivity index (χ3n) is 3.53. The van der Waals surface area contributed by atoms with Gasteiger partial charge in [-0.1, -0.05) is 49.4 Å². The fourth-order valence-corrected chi connectivity index (χ4v) is 2.30. The lowest BCUT2D eigenvalue weighted by Gasteiger charge is -2.10. The first kappa shape index (κ1) is 15.8. The molecule has 2 aromatic carbocycles. The molecule has 114 valence electrons. The number of rotatable bonds is 4. The van der Waals surface area contributed by atoms with E-state index in [2.05, 4.69) is 28.8 Å². The lowest BCUT2D eigenvalue weighted by atomic mass is 10.1. The smallest absolute Gasteiger partial charge is 0.306 e. The van der Waals surface area contributed by atoms with Gasteiger partial charge in [0, 0.05) is 5.69 Å². The summed E-state index contributed by atoms with van der Waals surface area (Å²) in [5, 5.41) is 6.85. The largest absolute Gasteiger partial charge is 0.339 e. The molecular weight excluding hydrogens is 274 g/mol. The zero-order valence-corrected chi connectivity index (χ0v) is 13.2. The Hall–Kier alpha value is -2.62. The maximum absolute atomic E-state index is 11.9. The van der Waals surface area contributed by atoms with Crippen molar-refractivity contribution < 1.29 is 4.79 Å². The Bertz CT molecular complexity index is 672. The Morgan fingerprint density at radius 1 is 1.09 bits per heavy atom. The number of nitrogens with one attached hydrogen (secondary N) is 2. The topological polar surface area (TPSA) is 53.5 Å². The van der Waals surface area contributed by atoms with E-state index in [0.29, 0.717) is 0 Å². The summed E-state index contributed by atoms with van der Waals surface area (Å²) in [7, 11) is 0. The lowest BCUT2D eigenvalue weighted by Crippen LogP contribution is -2.25. The van der Waals surface area contributed by atoms with Crippen molar-refractivity contribution in [1.29, 1.82) is 0 Å². The summed E-state index contributed by atoms with van der Waals surface area (Å²) in [5.41, 5.74) is 7.58. The molecule has 0 unspecified atom stereocenters. The van der Waals surface area contributed by atoms with E-state index < -0.39 is 0 Å². The summed E-state index contributed by atoms with van der Waals surface area (Å²) >= 11 is 0. The number of hydrogen-bond donors (Lipinski definition) is 2. The number of anilines is 1. The third kappa shape index (κ3) is 3.95. The van der Waals surface area contributed by atoms with Crippen LogP contribution in [-0.4, -0.2) is 12.2 Å². The molecule has 0 saturated carbocycles. The lowest BCUT2D eigenvalue weighted by molar-refractivity contribution is 0.252. The minimum atomic E-state index is -0.345. The second-order valence-electron chi connectivity index (χ2n) is 5.14. The van der Waals surface area contributed by atoms with Gasteiger partial charge in [0.2, 0.25) is 0 Å². The number of para-hydroxylation sites is 1. The van der Waals surface area contributed by atoms with Crippen LogP contribution in [0.1, 0.15) is 29.2 Å². The molecule has 0 heterocycles. The van der Waals surface area contributed by atoms with E-state index in [1.165, 1.54) is 5.56 Å². The van der Waals surface area contributed by atoms with E-state index in [4.69, 9.17) is 0 Å². The quantitative estimate of drug-likeness (QED) is 0.649. The molecule has 0 atom stereocenters. The van der Waals surface area contributed by atoms with Crippen LogP contribution in [-0.2, 0) is 6.42 Å². The van der Waals surface area contributed by atoms with E-state index in [-0.39, 0.29) is 6.03 Å². The fraction of sp³-hybridized carbons (Fsp3) is 0.222. The molecule has 4 heteroatoms. The van der Waals surface area contributed by atoms with Crippen molar-refractivity contribution in [2.75, 3.05) is 5.32 Å². The minimum Gasteiger partial charge on any atom is -0.306 e. The molecule has 2 aromatic rings. The summed E-state index contributed by atoms with van der Waals surface area (Å²) in [5.74, 6) is 0. The molecule has 2 rings (SSSR count). The Balaban J connectivity index is 2.00. The standard InChI is InChI=1S/C18H21N3O/c1-4-15-10-5-6-11-16(15)12-19-21-18(22)20-17-13(2)8-7-9-14(17)3/h5-12H,4H2,1-3H3,(H2,20,21,22). The van der Waals surface area contributed by atoms with Gasteiger partial charge < -0.3 is 5.32 Å². The van der Waals surface area contributed by atoms with Crippen LogP contribution < -0.4 is 10.7 Å². The number of benzene rings is 2. The van der Waals surface area contributed by atoms with Crippen molar-refractivity contribution in [1.82, 2.24) is 5.43 Å². The number of carbonyl (C=O) groups excluding carboxylic acids is 1. The fourth-order valence-electron chi connectivity index (χ4n) is 2.30. The van der Waals surface area contributed by atoms with Gasteiger partial charge in [-0.15, -0.1) is 0 Å². The van der Waals surface area contributed by atoms with Crippen molar-refractivity contribution in [2.45, 2.75) is 27.2 Å². The van der Waals surface area contributed by atoms with Gasteiger partial charge in [0.1, 0.15) is 0 Å². The Labute approximate surface area is 131 Å². The van der Waals surface area contributed by atoms with Crippen molar-refractivity contribution in [3.63, 3.8) is 0 Å². The van der Waals surface area contributed by atoms with Gasteiger partial charge in [0.15, 0.2) is 0 Å². The summed E-state index contributed by atoms with van der Waals surface area (Å²) in [6.07, 6.45) is 2.60. The van der Waals surface area contributed by atoms with Crippen LogP contribution in [0.5, 0.6) is 0 Å². The highest BCUT2D eigenvalue weighted by Crippen LogP contribution is 2.18. The number of hydrazone groups is 1. The van der Waals surface area contributed by atoms with Crippen LogP contribution in [0.25, 0.3) is 0 Å². The molecule has 0 spiro atoms. The van der Waals surface area contributed by atoms with Crippen molar-refractivity contribution in [2.24, 2.45) is 5.10 Å². The highest BCUT2D eigenvalue weighted by atomic mass is 16.2. The third-order valence-corrected chi connectivity index (χ3v) is 3.53. The summed E-state index contributed by atoms with van der Waals surface area (Å²) in [6.45, 7) is 6.01. The molecule has 0 fully saturated rings. The molecule has 0 radical (unpaired) electrons. The van der Waals surface area contributed by atoms with E-state index in [1.807, 2.05) is 50.2 Å². The van der Waals surface area contributed by atoms with Crippen LogP contribution in [0, 0.1) is 13.8 Å². The zero-order valence-electron chi connectivity index (χ0n) is 13.2. The number of aryl methyl sites for hydroxylation is 3. The summed E-state index contributed by atoms with van der Waals surface area (Å²) in [4.78, 5) is 11.9. The molecule has 22 heavy (non-hydrogen) atoms. The average Bonchev–Trinajstić information content (AvgIpc) is 2.51. The highest BCUT2D eigenvalue weighted by molar-refractivity contribution is 5.92. The van der Waals surface area contributed by atoms with Gasteiger partial charge in [0.05, 0.1) is 6.21 Å². The van der Waals surface area contributed by atoms with Crippen LogP contribution in [0.3, 0.4) is 0 Å². The molecule has 4 nitrogen and oxygen atoms in total. The minimum absolute atomic E-state index is 0.345. The first-order valence-corrected chi connectivity index (χ1v) is 7.36. The first-order valence-electron chi connectivity index (χ1n) is 7.36. The number of nitrogens with zero attached hydrogens (tertiary/aromatic N) is 1. The molecular formula is C18H21N3O. The van der Waals surface area contributed by atoms with Gasteiger partial charge >= 0.3 is 6.03 Å². The molecule has 0 aromatic heterocycles. The molecule has 0 aliphatic carbocycles. The van der Waals surface area contributed by atoms with Crippen molar-refractivity contribution in [3.8, 4) is 0 Å². The van der Waals surface area contributed by atoms with Crippen LogP contribution in [0.4, 0.5) is 10.5 Å². The molecule has 2 amide bonds. The number of amides is 2. The molecule has 0 bridgehead atoms. The van der Waals surface area contributed by atoms with E-state index in [0.717, 1.165) is 28.8 Å². The predicted octanol–water partition coefficient (Wildman–Crippen LogP) is 4.02. The number of carbonyl (C=O) groups is 1. The van der Waals surface area contributed by atoms with Gasteiger partial charge in [0.25, 0.3) is 0 Å². The van der Waals surface area contributed by atoms with E-state index >= 15 is 0 Å². The Morgan fingerprint density at radius 3 is 2.45 bits per heavy atom. The SMILES string of the molecule is CCc1ccccc1C=NNC(=O)Nc1c(C)cccc1C. The van der Waals surface area contributed by atoms with Crippen LogP contribution in [0.15, 0.2) is 47.6 Å². The summed E-state index contributed by atoms with van der Waals surface area (Å²) in [6, 6.07) is 13.5. The monoisotopic (exact) mass is 295 g/mol. The molecule has 0 aliphatic rings. The van der Waals surface area contributed by atoms with Gasteiger partial charge in [-0.25, -0.2) is 10.2 Å². The normalized spacial score (nSPS) is 10.7. The van der Waals surface area contributed by atoms with Crippen molar-refractivity contribution >= 4 is 17.9 Å². The van der Waals surface area contributed by atoms with Gasteiger partial charge in [-0.2, -0.15) is 5.10 Å². The second kappa shape index (κ2) is 7.41.